The van der Waals surface area contributed by atoms with Gasteiger partial charge in [0.2, 0.25) is 0 Å². The highest BCUT2D eigenvalue weighted by molar-refractivity contribution is 5.92. The Balaban J connectivity index is 1.65. The van der Waals surface area contributed by atoms with E-state index in [0.717, 1.165) is 0 Å². The van der Waals surface area contributed by atoms with Crippen LogP contribution in [0.3, 0.4) is 0 Å². The number of rotatable bonds is 7. The maximum Gasteiger partial charge on any atom is 0.338 e. The van der Waals surface area contributed by atoms with E-state index in [9.17, 15) is 34.8 Å². The molecule has 1 aromatic carbocycles. The maximum absolute atomic E-state index is 14.0. The minimum Gasteiger partial charge on any atom is -0.456 e. The van der Waals surface area contributed by atoms with Crippen LogP contribution in [0.25, 0.3) is 0 Å². The second-order valence-corrected chi connectivity index (χ2v) is 12.4. The molecule has 0 amide bonds. The highest BCUT2D eigenvalue weighted by atomic mass is 16.6. The molecule has 4 rings (SSSR count). The number of carbonyl (C=O) groups excluding carboxylic acids is 3. The van der Waals surface area contributed by atoms with Crippen LogP contribution in [0, 0.1) is 10.8 Å². The quantitative estimate of drug-likeness (QED) is 0.286. The van der Waals surface area contributed by atoms with Gasteiger partial charge < -0.3 is 34.6 Å². The van der Waals surface area contributed by atoms with Gasteiger partial charge in [-0.1, -0.05) is 32.0 Å². The smallest absolute Gasteiger partial charge is 0.338 e. The summed E-state index contributed by atoms with van der Waals surface area (Å²) in [5, 5.41) is 45.6. The molecule has 1 saturated carbocycles. The molecule has 3 aliphatic rings. The normalized spacial score (nSPS) is 36.5. The highest BCUT2D eigenvalue weighted by Crippen LogP contribution is 2.54. The third kappa shape index (κ3) is 4.69. The van der Waals surface area contributed by atoms with Gasteiger partial charge in [-0.25, -0.2) is 4.79 Å². The molecule has 220 valence electrons. The number of esters is 2. The van der Waals surface area contributed by atoms with Gasteiger partial charge in [-0.2, -0.15) is 0 Å². The lowest BCUT2D eigenvalue weighted by Gasteiger charge is -2.57. The van der Waals surface area contributed by atoms with Crippen molar-refractivity contribution < 1.29 is 49.0 Å². The Kier molecular flexibility index (Phi) is 7.83. The largest absolute Gasteiger partial charge is 0.456 e. The number of ketones is 1. The van der Waals surface area contributed by atoms with Crippen molar-refractivity contribution in [3.8, 4) is 0 Å². The summed E-state index contributed by atoms with van der Waals surface area (Å²) >= 11 is 0. The first-order chi connectivity index (χ1) is 18.5. The number of carbonyl (C=O) groups is 3. The van der Waals surface area contributed by atoms with Crippen molar-refractivity contribution >= 4 is 17.7 Å². The summed E-state index contributed by atoms with van der Waals surface area (Å²) in [6.07, 6.45) is -6.20. The molecule has 4 N–H and O–H groups in total. The molecular formula is C30H40O10. The third-order valence-corrected chi connectivity index (χ3v) is 9.54. The molecule has 1 aliphatic heterocycles. The lowest BCUT2D eigenvalue weighted by molar-refractivity contribution is -0.291. The molecule has 2 fully saturated rings. The van der Waals surface area contributed by atoms with Gasteiger partial charge in [0, 0.05) is 31.6 Å². The summed E-state index contributed by atoms with van der Waals surface area (Å²) in [6, 6.07) is 8.27. The molecule has 0 radical (unpaired) electrons. The Labute approximate surface area is 233 Å². The number of benzene rings is 1. The van der Waals surface area contributed by atoms with E-state index >= 15 is 0 Å². The van der Waals surface area contributed by atoms with Gasteiger partial charge in [0.15, 0.2) is 11.4 Å². The van der Waals surface area contributed by atoms with Crippen LogP contribution in [0.2, 0.25) is 0 Å². The van der Waals surface area contributed by atoms with Crippen molar-refractivity contribution in [2.45, 2.75) is 103 Å². The van der Waals surface area contributed by atoms with Crippen LogP contribution in [0.15, 0.2) is 41.5 Å². The van der Waals surface area contributed by atoms with E-state index in [4.69, 9.17) is 14.2 Å². The fourth-order valence-corrected chi connectivity index (χ4v) is 6.89. The van der Waals surface area contributed by atoms with Crippen molar-refractivity contribution in [1.29, 1.82) is 0 Å². The zero-order valence-corrected chi connectivity index (χ0v) is 23.8. The van der Waals surface area contributed by atoms with Crippen molar-refractivity contribution in [2.24, 2.45) is 10.8 Å². The summed E-state index contributed by atoms with van der Waals surface area (Å²) in [5.41, 5.74) is -5.16. The van der Waals surface area contributed by atoms with Crippen LogP contribution in [0.5, 0.6) is 0 Å². The number of ether oxygens (including phenoxy) is 3. The Morgan fingerprint density at radius 1 is 1.10 bits per heavy atom. The highest BCUT2D eigenvalue weighted by Gasteiger charge is 2.65. The third-order valence-electron chi connectivity index (χ3n) is 9.54. The van der Waals surface area contributed by atoms with Gasteiger partial charge in [-0.15, -0.1) is 0 Å². The van der Waals surface area contributed by atoms with Crippen LogP contribution in [-0.4, -0.2) is 86.5 Å². The first kappa shape index (κ1) is 30.3. The summed E-state index contributed by atoms with van der Waals surface area (Å²) in [6.45, 7) is 9.17. The van der Waals surface area contributed by atoms with Gasteiger partial charge >= 0.3 is 11.9 Å². The van der Waals surface area contributed by atoms with E-state index in [2.05, 4.69) is 0 Å². The molecule has 0 aromatic heterocycles. The Bertz CT molecular complexity index is 1210. The Hall–Kier alpha value is -2.63. The van der Waals surface area contributed by atoms with Crippen molar-refractivity contribution in [3.05, 3.63) is 47.0 Å². The molecule has 40 heavy (non-hydrogen) atoms. The topological polar surface area (TPSA) is 160 Å². The van der Waals surface area contributed by atoms with Crippen molar-refractivity contribution in [3.63, 3.8) is 0 Å². The van der Waals surface area contributed by atoms with Crippen LogP contribution in [0.4, 0.5) is 0 Å². The second-order valence-electron chi connectivity index (χ2n) is 12.4. The average Bonchev–Trinajstić information content (AvgIpc) is 2.88. The zero-order chi connectivity index (χ0) is 29.8. The molecule has 1 heterocycles. The lowest BCUT2D eigenvalue weighted by Crippen LogP contribution is -2.70. The zero-order valence-electron chi connectivity index (χ0n) is 23.8. The van der Waals surface area contributed by atoms with Gasteiger partial charge in [0.25, 0.3) is 0 Å². The first-order valence-corrected chi connectivity index (χ1v) is 13.6. The fraction of sp³-hybridized carbons (Fsp3) is 0.633. The number of hydrogen-bond donors (Lipinski definition) is 4. The number of aliphatic hydroxyl groups excluding tert-OH is 3. The predicted octanol–water partition coefficient (Wildman–Crippen LogP) is 1.86. The number of hydrogen-bond acceptors (Lipinski definition) is 10. The summed E-state index contributed by atoms with van der Waals surface area (Å²) in [4.78, 5) is 38.7. The van der Waals surface area contributed by atoms with E-state index in [1.165, 1.54) is 20.8 Å². The van der Waals surface area contributed by atoms with Crippen LogP contribution >= 0.6 is 0 Å². The Morgan fingerprint density at radius 3 is 2.27 bits per heavy atom. The predicted molar refractivity (Wildman–Crippen MR) is 142 cm³/mol. The van der Waals surface area contributed by atoms with Crippen molar-refractivity contribution in [1.82, 2.24) is 0 Å². The summed E-state index contributed by atoms with van der Waals surface area (Å²) < 4.78 is 16.7. The van der Waals surface area contributed by atoms with Crippen LogP contribution in [-0.2, 0) is 23.8 Å². The van der Waals surface area contributed by atoms with Gasteiger partial charge in [0.05, 0.1) is 29.8 Å². The molecular weight excluding hydrogens is 520 g/mol. The monoisotopic (exact) mass is 560 g/mol. The van der Waals surface area contributed by atoms with Crippen molar-refractivity contribution in [2.75, 3.05) is 6.61 Å². The lowest BCUT2D eigenvalue weighted by atomic mass is 9.55. The molecule has 0 bridgehead atoms. The molecule has 8 atom stereocenters. The number of fused-ring (bicyclic) bond motifs is 1. The summed E-state index contributed by atoms with van der Waals surface area (Å²) in [5.74, 6) is -1.94. The number of Topliss-reactive ketones (excluding diaryl/α,β-unsaturated/α-hetero) is 1. The second kappa shape index (κ2) is 10.3. The van der Waals surface area contributed by atoms with Crippen LogP contribution < -0.4 is 0 Å². The molecule has 1 saturated heterocycles. The van der Waals surface area contributed by atoms with E-state index in [1.807, 2.05) is 0 Å². The minimum atomic E-state index is -1.87. The SMILES string of the molecule is CC(=O)O[C@@]12CO[C@@H]1C[C@H](O)[C@@](C)(C(=O)[C@H](O)C1=C(C)[C@@H](O)C[C@@](O)([C@H](C)OC(=O)c3ccccc3)C1(C)C)C2. The molecule has 10 heteroatoms. The number of aliphatic hydroxyl groups is 4. The first-order valence-electron chi connectivity index (χ1n) is 13.6. The van der Waals surface area contributed by atoms with Gasteiger partial charge in [-0.3, -0.25) is 9.59 Å². The van der Waals surface area contributed by atoms with Gasteiger partial charge in [-0.05, 0) is 44.1 Å². The fourth-order valence-electron chi connectivity index (χ4n) is 6.89. The average molecular weight is 561 g/mol. The van der Waals surface area contributed by atoms with Gasteiger partial charge in [0.1, 0.15) is 23.9 Å². The van der Waals surface area contributed by atoms with E-state index < -0.39 is 70.3 Å². The molecule has 10 nitrogen and oxygen atoms in total. The minimum absolute atomic E-state index is 0.0305. The standard InChI is InChI=1S/C30H40O10/c1-16-20(32)13-30(37,17(2)39-26(36)19-10-8-7-9-11-19)27(4,5)23(16)24(34)25(35)28(6)14-29(40-18(3)31)15-38-22(29)12-21(28)33/h7-11,17,20-22,24,32-34,37H,12-15H2,1-6H3/t17-,20-,21-,22+,24+,28-,29-,30+/m0/s1. The maximum atomic E-state index is 14.0. The van der Waals surface area contributed by atoms with E-state index in [0.29, 0.717) is 5.57 Å². The molecule has 1 aromatic rings. The molecule has 0 spiro atoms. The van der Waals surface area contributed by atoms with E-state index in [1.54, 1.807) is 51.1 Å². The summed E-state index contributed by atoms with van der Waals surface area (Å²) in [7, 11) is 0. The molecule has 2 aliphatic carbocycles. The van der Waals surface area contributed by atoms with E-state index in [-0.39, 0.29) is 37.0 Å². The van der Waals surface area contributed by atoms with Crippen LogP contribution in [0.1, 0.15) is 71.2 Å². The molecule has 0 unspecified atom stereocenters. The Morgan fingerprint density at radius 2 is 1.73 bits per heavy atom.